The molecule has 2 rings (SSSR count). The quantitative estimate of drug-likeness (QED) is 0.765. The van der Waals surface area contributed by atoms with E-state index in [0.29, 0.717) is 12.2 Å². The Morgan fingerprint density at radius 3 is 2.68 bits per heavy atom. The molecule has 0 N–H and O–H groups in total. The van der Waals surface area contributed by atoms with Crippen molar-refractivity contribution in [3.63, 3.8) is 0 Å². The van der Waals surface area contributed by atoms with Gasteiger partial charge in [0.2, 0.25) is 0 Å². The summed E-state index contributed by atoms with van der Waals surface area (Å²) in [7, 11) is 0. The van der Waals surface area contributed by atoms with Gasteiger partial charge in [0.1, 0.15) is 11.6 Å². The maximum absolute atomic E-state index is 13.0. The van der Waals surface area contributed by atoms with Crippen LogP contribution in [-0.4, -0.2) is 11.5 Å². The van der Waals surface area contributed by atoms with Crippen molar-refractivity contribution in [3.05, 3.63) is 65.5 Å². The normalized spacial score (nSPS) is 10.4. The maximum Gasteiger partial charge on any atom is 0.147 e. The van der Waals surface area contributed by atoms with Crippen molar-refractivity contribution < 1.29 is 9.18 Å². The van der Waals surface area contributed by atoms with Crippen LogP contribution in [0.2, 0.25) is 0 Å². The fourth-order valence-corrected chi connectivity index (χ4v) is 2.62. The first-order chi connectivity index (χ1) is 9.13. The van der Waals surface area contributed by atoms with Crippen molar-refractivity contribution in [2.24, 2.45) is 0 Å². The first-order valence-corrected chi connectivity index (χ1v) is 7.07. The second-order valence-corrected chi connectivity index (χ2v) is 5.50. The number of hydrogen-bond acceptors (Lipinski definition) is 2. The number of halogens is 1. The van der Waals surface area contributed by atoms with E-state index in [1.165, 1.54) is 23.9 Å². The Bertz CT molecular complexity index is 580. The third-order valence-corrected chi connectivity index (χ3v) is 3.73. The Morgan fingerprint density at radius 1 is 1.16 bits per heavy atom. The first kappa shape index (κ1) is 13.8. The van der Waals surface area contributed by atoms with Crippen molar-refractivity contribution in [2.75, 3.05) is 5.75 Å². The van der Waals surface area contributed by atoms with Crippen molar-refractivity contribution in [1.29, 1.82) is 0 Å². The Morgan fingerprint density at radius 2 is 1.95 bits per heavy atom. The smallest absolute Gasteiger partial charge is 0.147 e. The largest absolute Gasteiger partial charge is 0.298 e. The van der Waals surface area contributed by atoms with Crippen LogP contribution in [0.3, 0.4) is 0 Å². The average molecular weight is 274 g/mol. The fourth-order valence-electron chi connectivity index (χ4n) is 1.82. The highest BCUT2D eigenvalue weighted by molar-refractivity contribution is 8.00. The predicted molar refractivity (Wildman–Crippen MR) is 77.0 cm³/mol. The van der Waals surface area contributed by atoms with E-state index in [1.54, 1.807) is 6.07 Å². The summed E-state index contributed by atoms with van der Waals surface area (Å²) in [5, 5.41) is 0. The molecule has 1 nitrogen and oxygen atoms in total. The third kappa shape index (κ3) is 4.52. The van der Waals surface area contributed by atoms with Gasteiger partial charge in [0, 0.05) is 11.3 Å². The molecule has 0 atom stereocenters. The van der Waals surface area contributed by atoms with Gasteiger partial charge in [0.05, 0.1) is 5.75 Å². The summed E-state index contributed by atoms with van der Waals surface area (Å²) >= 11 is 1.38. The fraction of sp³-hybridized carbons (Fsp3) is 0.188. The van der Waals surface area contributed by atoms with E-state index in [4.69, 9.17) is 0 Å². The van der Waals surface area contributed by atoms with Crippen LogP contribution in [0.25, 0.3) is 0 Å². The van der Waals surface area contributed by atoms with Crippen molar-refractivity contribution in [2.45, 2.75) is 18.2 Å². The predicted octanol–water partition coefficient (Wildman–Crippen LogP) is 4.04. The summed E-state index contributed by atoms with van der Waals surface area (Å²) in [6, 6.07) is 14.3. The number of benzene rings is 2. The number of carbonyl (C=O) groups is 1. The van der Waals surface area contributed by atoms with E-state index in [-0.39, 0.29) is 11.6 Å². The second-order valence-electron chi connectivity index (χ2n) is 4.45. The SMILES string of the molecule is Cc1cccc(CC(=O)CSc2cccc(F)c2)c1. The number of aryl methyl sites for hydroxylation is 1. The average Bonchev–Trinajstić information content (AvgIpc) is 2.36. The van der Waals surface area contributed by atoms with Gasteiger partial charge in [0.25, 0.3) is 0 Å². The lowest BCUT2D eigenvalue weighted by atomic mass is 10.1. The molecule has 19 heavy (non-hydrogen) atoms. The minimum Gasteiger partial charge on any atom is -0.298 e. The van der Waals surface area contributed by atoms with Gasteiger partial charge in [0.15, 0.2) is 0 Å². The van der Waals surface area contributed by atoms with E-state index in [9.17, 15) is 9.18 Å². The molecular weight excluding hydrogens is 259 g/mol. The van der Waals surface area contributed by atoms with Gasteiger partial charge in [-0.1, -0.05) is 35.9 Å². The Kier molecular flexibility index (Phi) is 4.74. The van der Waals surface area contributed by atoms with E-state index in [0.717, 1.165) is 16.0 Å². The molecule has 0 saturated heterocycles. The van der Waals surface area contributed by atoms with E-state index < -0.39 is 0 Å². The molecule has 0 aliphatic heterocycles. The molecule has 0 radical (unpaired) electrons. The monoisotopic (exact) mass is 274 g/mol. The molecule has 0 fully saturated rings. The third-order valence-electron chi connectivity index (χ3n) is 2.68. The lowest BCUT2D eigenvalue weighted by Gasteiger charge is -2.03. The molecule has 0 amide bonds. The van der Waals surface area contributed by atoms with E-state index in [1.807, 2.05) is 37.3 Å². The van der Waals surface area contributed by atoms with Crippen LogP contribution >= 0.6 is 11.8 Å². The van der Waals surface area contributed by atoms with Crippen LogP contribution in [-0.2, 0) is 11.2 Å². The standard InChI is InChI=1S/C16H15FOS/c1-12-4-2-5-13(8-12)9-15(18)11-19-16-7-3-6-14(17)10-16/h2-8,10H,9,11H2,1H3. The number of carbonyl (C=O) groups excluding carboxylic acids is 1. The molecule has 0 unspecified atom stereocenters. The zero-order valence-corrected chi connectivity index (χ0v) is 11.5. The molecule has 0 aromatic heterocycles. The maximum atomic E-state index is 13.0. The Balaban J connectivity index is 1.88. The van der Waals surface area contributed by atoms with Crippen LogP contribution in [0.1, 0.15) is 11.1 Å². The molecule has 2 aromatic carbocycles. The molecule has 0 saturated carbocycles. The summed E-state index contributed by atoms with van der Waals surface area (Å²) in [5.41, 5.74) is 2.19. The highest BCUT2D eigenvalue weighted by Crippen LogP contribution is 2.19. The Hall–Kier alpha value is -1.61. The summed E-state index contributed by atoms with van der Waals surface area (Å²) in [6.45, 7) is 2.01. The molecule has 98 valence electrons. The van der Waals surface area contributed by atoms with Gasteiger partial charge in [-0.25, -0.2) is 4.39 Å². The van der Waals surface area contributed by atoms with Crippen LogP contribution in [0.4, 0.5) is 4.39 Å². The molecule has 0 bridgehead atoms. The lowest BCUT2D eigenvalue weighted by Crippen LogP contribution is -2.05. The highest BCUT2D eigenvalue weighted by Gasteiger charge is 2.05. The molecule has 2 aromatic rings. The van der Waals surface area contributed by atoms with Crippen LogP contribution in [0, 0.1) is 12.7 Å². The number of thioether (sulfide) groups is 1. The summed E-state index contributed by atoms with van der Waals surface area (Å²) < 4.78 is 13.0. The van der Waals surface area contributed by atoms with Gasteiger partial charge < -0.3 is 0 Å². The second kappa shape index (κ2) is 6.53. The molecule has 0 aliphatic rings. The van der Waals surface area contributed by atoms with Crippen molar-refractivity contribution >= 4 is 17.5 Å². The molecule has 3 heteroatoms. The molecule has 0 spiro atoms. The lowest BCUT2D eigenvalue weighted by molar-refractivity contribution is -0.116. The molecule has 0 heterocycles. The highest BCUT2D eigenvalue weighted by atomic mass is 32.2. The minimum absolute atomic E-state index is 0.153. The van der Waals surface area contributed by atoms with Crippen LogP contribution in [0.15, 0.2) is 53.4 Å². The van der Waals surface area contributed by atoms with Gasteiger partial charge in [-0.15, -0.1) is 11.8 Å². The van der Waals surface area contributed by atoms with Crippen LogP contribution in [0.5, 0.6) is 0 Å². The summed E-state index contributed by atoms with van der Waals surface area (Å²) in [4.78, 5) is 12.7. The Labute approximate surface area is 116 Å². The molecular formula is C16H15FOS. The number of Topliss-reactive ketones (excluding diaryl/α,β-unsaturated/α-hetero) is 1. The minimum atomic E-state index is -0.267. The van der Waals surface area contributed by atoms with Crippen molar-refractivity contribution in [1.82, 2.24) is 0 Å². The zero-order chi connectivity index (χ0) is 13.7. The number of ketones is 1. The topological polar surface area (TPSA) is 17.1 Å². The molecule has 0 aliphatic carbocycles. The summed E-state index contributed by atoms with van der Waals surface area (Å²) in [6.07, 6.45) is 0.435. The van der Waals surface area contributed by atoms with Gasteiger partial charge >= 0.3 is 0 Å². The van der Waals surface area contributed by atoms with E-state index >= 15 is 0 Å². The van der Waals surface area contributed by atoms with E-state index in [2.05, 4.69) is 0 Å². The van der Waals surface area contributed by atoms with Crippen molar-refractivity contribution in [3.8, 4) is 0 Å². The van der Waals surface area contributed by atoms with Gasteiger partial charge in [-0.3, -0.25) is 4.79 Å². The van der Waals surface area contributed by atoms with Crippen LogP contribution < -0.4 is 0 Å². The van der Waals surface area contributed by atoms with Gasteiger partial charge in [-0.2, -0.15) is 0 Å². The zero-order valence-electron chi connectivity index (χ0n) is 10.7. The summed E-state index contributed by atoms with van der Waals surface area (Å²) in [5.74, 6) is 0.258. The number of hydrogen-bond donors (Lipinski definition) is 0. The van der Waals surface area contributed by atoms with Gasteiger partial charge in [-0.05, 0) is 30.7 Å². The number of rotatable bonds is 5. The first-order valence-electron chi connectivity index (χ1n) is 6.09.